The summed E-state index contributed by atoms with van der Waals surface area (Å²) >= 11 is 1.94. The number of hydrogen-bond acceptors (Lipinski definition) is 4. The molecule has 0 spiro atoms. The molecule has 0 bridgehead atoms. The monoisotopic (exact) mass is 239 g/mol. The molecule has 4 heteroatoms. The number of nitrogens with zero attached hydrogens (tertiary/aromatic N) is 1. The fraction of sp³-hybridized carbons (Fsp3) is 0.583. The number of rotatable bonds is 3. The van der Waals surface area contributed by atoms with E-state index in [2.05, 4.69) is 11.0 Å². The second-order valence-electron chi connectivity index (χ2n) is 3.85. The zero-order valence-corrected chi connectivity index (χ0v) is 10.3. The molecule has 0 N–H and O–H groups in total. The van der Waals surface area contributed by atoms with E-state index in [-0.39, 0.29) is 5.97 Å². The highest BCUT2D eigenvalue weighted by Gasteiger charge is 2.28. The number of thioether (sulfide) groups is 1. The number of esters is 1. The average Bonchev–Trinajstić information content (AvgIpc) is 2.75. The summed E-state index contributed by atoms with van der Waals surface area (Å²) in [5.74, 6) is 0.949. The van der Waals surface area contributed by atoms with Crippen LogP contribution in [0.15, 0.2) is 23.3 Å². The molecule has 0 aliphatic carbocycles. The lowest BCUT2D eigenvalue weighted by Crippen LogP contribution is -2.33. The van der Waals surface area contributed by atoms with Gasteiger partial charge in [-0.3, -0.25) is 0 Å². The molecule has 0 aromatic carbocycles. The maximum absolute atomic E-state index is 11.2. The third-order valence-electron chi connectivity index (χ3n) is 2.81. The molecular formula is C12H17NO2S. The number of carbonyl (C=O) groups is 1. The Morgan fingerprint density at radius 2 is 2.62 bits per heavy atom. The van der Waals surface area contributed by atoms with Crippen LogP contribution in [0.3, 0.4) is 0 Å². The van der Waals surface area contributed by atoms with Gasteiger partial charge >= 0.3 is 5.97 Å². The maximum atomic E-state index is 11.2. The minimum absolute atomic E-state index is 0.246. The summed E-state index contributed by atoms with van der Waals surface area (Å²) in [6, 6.07) is 0.504. The Balaban J connectivity index is 1.95. The van der Waals surface area contributed by atoms with Gasteiger partial charge in [0.15, 0.2) is 0 Å². The highest BCUT2D eigenvalue weighted by atomic mass is 32.2. The number of fused-ring (bicyclic) bond motifs is 1. The summed E-state index contributed by atoms with van der Waals surface area (Å²) in [4.78, 5) is 15.0. The SMILES string of the molecule is CCOC(=O)C=CN1CCC=C2SCCC21. The van der Waals surface area contributed by atoms with Gasteiger partial charge in [0.2, 0.25) is 0 Å². The molecular weight excluding hydrogens is 222 g/mol. The number of hydrogen-bond donors (Lipinski definition) is 0. The summed E-state index contributed by atoms with van der Waals surface area (Å²) < 4.78 is 4.87. The van der Waals surface area contributed by atoms with E-state index in [0.717, 1.165) is 13.0 Å². The molecule has 0 radical (unpaired) electrons. The van der Waals surface area contributed by atoms with Crippen molar-refractivity contribution in [2.75, 3.05) is 18.9 Å². The van der Waals surface area contributed by atoms with Gasteiger partial charge in [0.05, 0.1) is 12.6 Å². The molecule has 88 valence electrons. The zero-order chi connectivity index (χ0) is 11.4. The number of ether oxygens (including phenoxy) is 1. The molecule has 2 heterocycles. The molecule has 0 aromatic heterocycles. The summed E-state index contributed by atoms with van der Waals surface area (Å²) in [6.07, 6.45) is 8.02. The molecule has 2 aliphatic heterocycles. The lowest BCUT2D eigenvalue weighted by molar-refractivity contribution is -0.137. The number of carbonyl (C=O) groups excluding carboxylic acids is 1. The highest BCUT2D eigenvalue weighted by molar-refractivity contribution is 8.03. The van der Waals surface area contributed by atoms with E-state index in [1.165, 1.54) is 23.2 Å². The van der Waals surface area contributed by atoms with Crippen molar-refractivity contribution in [2.24, 2.45) is 0 Å². The Morgan fingerprint density at radius 3 is 3.44 bits per heavy atom. The van der Waals surface area contributed by atoms with Gasteiger partial charge in [-0.15, -0.1) is 11.8 Å². The lowest BCUT2D eigenvalue weighted by atomic mass is 10.1. The standard InChI is InChI=1S/C12H17NO2S/c1-2-15-12(14)5-8-13-7-3-4-11-10(13)6-9-16-11/h4-5,8,10H,2-3,6-7,9H2,1H3. The van der Waals surface area contributed by atoms with Crippen molar-refractivity contribution in [3.63, 3.8) is 0 Å². The molecule has 1 unspecified atom stereocenters. The van der Waals surface area contributed by atoms with Crippen LogP contribution in [0.5, 0.6) is 0 Å². The topological polar surface area (TPSA) is 29.5 Å². The quantitative estimate of drug-likeness (QED) is 0.557. The van der Waals surface area contributed by atoms with E-state index in [1.54, 1.807) is 0 Å². The van der Waals surface area contributed by atoms with E-state index in [4.69, 9.17) is 4.74 Å². The van der Waals surface area contributed by atoms with Crippen LogP contribution in [-0.2, 0) is 9.53 Å². The van der Waals surface area contributed by atoms with Crippen molar-refractivity contribution in [2.45, 2.75) is 25.8 Å². The Morgan fingerprint density at radius 1 is 1.75 bits per heavy atom. The predicted molar refractivity (Wildman–Crippen MR) is 66.0 cm³/mol. The summed E-state index contributed by atoms with van der Waals surface area (Å²) in [6.45, 7) is 3.26. The fourth-order valence-corrected chi connectivity index (χ4v) is 3.35. The molecule has 0 aromatic rings. The van der Waals surface area contributed by atoms with Crippen molar-refractivity contribution in [3.05, 3.63) is 23.3 Å². The largest absolute Gasteiger partial charge is 0.463 e. The average molecular weight is 239 g/mol. The van der Waals surface area contributed by atoms with Crippen molar-refractivity contribution in [1.29, 1.82) is 0 Å². The summed E-state index contributed by atoms with van der Waals surface area (Å²) in [5, 5.41) is 0. The second kappa shape index (κ2) is 5.43. The second-order valence-corrected chi connectivity index (χ2v) is 5.02. The summed E-state index contributed by atoms with van der Waals surface area (Å²) in [7, 11) is 0. The molecule has 1 atom stereocenters. The van der Waals surface area contributed by atoms with Crippen molar-refractivity contribution >= 4 is 17.7 Å². The zero-order valence-electron chi connectivity index (χ0n) is 9.52. The molecule has 2 rings (SSSR count). The van der Waals surface area contributed by atoms with Gasteiger partial charge < -0.3 is 9.64 Å². The normalized spacial score (nSPS) is 24.4. The third kappa shape index (κ3) is 2.61. The highest BCUT2D eigenvalue weighted by Crippen LogP contribution is 2.37. The van der Waals surface area contributed by atoms with Crippen LogP contribution in [0, 0.1) is 0 Å². The van der Waals surface area contributed by atoms with Gasteiger partial charge in [0, 0.05) is 29.5 Å². The van der Waals surface area contributed by atoms with Crippen molar-refractivity contribution < 1.29 is 9.53 Å². The van der Waals surface area contributed by atoms with Crippen molar-refractivity contribution in [3.8, 4) is 0 Å². The Hall–Kier alpha value is -0.900. The molecule has 3 nitrogen and oxygen atoms in total. The van der Waals surface area contributed by atoms with E-state index in [9.17, 15) is 4.79 Å². The van der Waals surface area contributed by atoms with Gasteiger partial charge in [-0.2, -0.15) is 0 Å². The first-order valence-corrected chi connectivity index (χ1v) is 6.73. The first-order chi connectivity index (χ1) is 7.81. The van der Waals surface area contributed by atoms with Crippen LogP contribution in [-0.4, -0.2) is 35.8 Å². The van der Waals surface area contributed by atoms with E-state index < -0.39 is 0 Å². The minimum atomic E-state index is -0.246. The van der Waals surface area contributed by atoms with Crippen LogP contribution in [0.25, 0.3) is 0 Å². The van der Waals surface area contributed by atoms with E-state index in [1.807, 2.05) is 24.9 Å². The Labute approximate surface area is 101 Å². The molecule has 2 aliphatic rings. The van der Waals surface area contributed by atoms with Crippen LogP contribution < -0.4 is 0 Å². The third-order valence-corrected chi connectivity index (χ3v) is 4.02. The molecule has 16 heavy (non-hydrogen) atoms. The van der Waals surface area contributed by atoms with Crippen LogP contribution in [0.2, 0.25) is 0 Å². The minimum Gasteiger partial charge on any atom is -0.463 e. The van der Waals surface area contributed by atoms with Crippen LogP contribution >= 0.6 is 11.8 Å². The van der Waals surface area contributed by atoms with E-state index >= 15 is 0 Å². The van der Waals surface area contributed by atoms with Gasteiger partial charge in [-0.1, -0.05) is 6.08 Å². The van der Waals surface area contributed by atoms with Gasteiger partial charge in [-0.25, -0.2) is 4.79 Å². The Bertz CT molecular complexity index is 325. The molecule has 0 amide bonds. The van der Waals surface area contributed by atoms with Gasteiger partial charge in [-0.05, 0) is 19.8 Å². The summed E-state index contributed by atoms with van der Waals surface area (Å²) in [5.41, 5.74) is 0. The van der Waals surface area contributed by atoms with Crippen LogP contribution in [0.4, 0.5) is 0 Å². The smallest absolute Gasteiger partial charge is 0.332 e. The first-order valence-electron chi connectivity index (χ1n) is 5.75. The molecule has 0 saturated carbocycles. The maximum Gasteiger partial charge on any atom is 0.332 e. The first kappa shape index (κ1) is 11.6. The fourth-order valence-electron chi connectivity index (χ4n) is 2.09. The molecule has 1 fully saturated rings. The molecule has 1 saturated heterocycles. The predicted octanol–water partition coefficient (Wildman–Crippen LogP) is 2.16. The lowest BCUT2D eigenvalue weighted by Gasteiger charge is -2.31. The van der Waals surface area contributed by atoms with Gasteiger partial charge in [0.25, 0.3) is 0 Å². The van der Waals surface area contributed by atoms with Crippen LogP contribution in [0.1, 0.15) is 19.8 Å². The van der Waals surface area contributed by atoms with E-state index in [0.29, 0.717) is 12.6 Å². The van der Waals surface area contributed by atoms with Gasteiger partial charge in [0.1, 0.15) is 0 Å². The Kier molecular flexibility index (Phi) is 3.93. The van der Waals surface area contributed by atoms with Crippen molar-refractivity contribution in [1.82, 2.24) is 4.90 Å².